The third-order valence-electron chi connectivity index (χ3n) is 2.58. The highest BCUT2D eigenvalue weighted by Crippen LogP contribution is 2.22. The standard InChI is InChI=1S/C12H16BrClO2S/c1-17(15,16)7-6-10(9-14)8-11-4-2-3-5-12(11)13/h2-5,10H,6-9H2,1H3. The molecule has 17 heavy (non-hydrogen) atoms. The Morgan fingerprint density at radius 3 is 2.53 bits per heavy atom. The largest absolute Gasteiger partial charge is 0.229 e. The summed E-state index contributed by atoms with van der Waals surface area (Å²) in [5.74, 6) is 0.885. The topological polar surface area (TPSA) is 34.1 Å². The van der Waals surface area contributed by atoms with Gasteiger partial charge in [0, 0.05) is 16.6 Å². The summed E-state index contributed by atoms with van der Waals surface area (Å²) >= 11 is 9.37. The van der Waals surface area contributed by atoms with Gasteiger partial charge < -0.3 is 0 Å². The lowest BCUT2D eigenvalue weighted by atomic mass is 9.99. The second-order valence-corrected chi connectivity index (χ2v) is 7.66. The maximum absolute atomic E-state index is 11.1. The van der Waals surface area contributed by atoms with E-state index in [0.29, 0.717) is 12.3 Å². The highest BCUT2D eigenvalue weighted by Gasteiger charge is 2.13. The van der Waals surface area contributed by atoms with E-state index >= 15 is 0 Å². The van der Waals surface area contributed by atoms with Crippen LogP contribution in [0.2, 0.25) is 0 Å². The van der Waals surface area contributed by atoms with E-state index in [9.17, 15) is 8.42 Å². The van der Waals surface area contributed by atoms with E-state index in [1.165, 1.54) is 11.8 Å². The zero-order valence-corrected chi connectivity index (χ0v) is 12.9. The van der Waals surface area contributed by atoms with E-state index in [-0.39, 0.29) is 11.7 Å². The summed E-state index contributed by atoms with van der Waals surface area (Å²) in [4.78, 5) is 0. The maximum Gasteiger partial charge on any atom is 0.147 e. The van der Waals surface area contributed by atoms with Gasteiger partial charge in [0.1, 0.15) is 9.84 Å². The summed E-state index contributed by atoms with van der Waals surface area (Å²) in [6, 6.07) is 7.95. The number of alkyl halides is 1. The Balaban J connectivity index is 2.61. The van der Waals surface area contributed by atoms with Crippen LogP contribution in [0.25, 0.3) is 0 Å². The van der Waals surface area contributed by atoms with Crippen molar-refractivity contribution in [1.82, 2.24) is 0 Å². The van der Waals surface area contributed by atoms with Gasteiger partial charge in [-0.1, -0.05) is 34.1 Å². The van der Waals surface area contributed by atoms with Crippen LogP contribution in [0.5, 0.6) is 0 Å². The first kappa shape index (κ1) is 15.0. The number of halogens is 2. The minimum Gasteiger partial charge on any atom is -0.229 e. The van der Waals surface area contributed by atoms with Gasteiger partial charge in [0.05, 0.1) is 5.75 Å². The van der Waals surface area contributed by atoms with Crippen LogP contribution in [-0.4, -0.2) is 26.3 Å². The molecule has 0 spiro atoms. The molecule has 0 aliphatic carbocycles. The highest BCUT2D eigenvalue weighted by molar-refractivity contribution is 9.10. The molecule has 0 aliphatic heterocycles. The molecule has 5 heteroatoms. The molecule has 2 nitrogen and oxygen atoms in total. The number of benzene rings is 1. The summed E-state index contributed by atoms with van der Waals surface area (Å²) in [7, 11) is -2.90. The Morgan fingerprint density at radius 1 is 1.35 bits per heavy atom. The van der Waals surface area contributed by atoms with Crippen molar-refractivity contribution in [2.24, 2.45) is 5.92 Å². The molecule has 0 N–H and O–H groups in total. The molecule has 0 heterocycles. The Kier molecular flexibility index (Phi) is 5.97. The van der Waals surface area contributed by atoms with Gasteiger partial charge in [-0.2, -0.15) is 0 Å². The van der Waals surface area contributed by atoms with Crippen molar-refractivity contribution in [3.63, 3.8) is 0 Å². The molecule has 0 saturated heterocycles. The van der Waals surface area contributed by atoms with Crippen molar-refractivity contribution in [1.29, 1.82) is 0 Å². The van der Waals surface area contributed by atoms with Crippen LogP contribution in [0, 0.1) is 5.92 Å². The molecule has 0 bridgehead atoms. The molecule has 0 saturated carbocycles. The van der Waals surface area contributed by atoms with Gasteiger partial charge >= 0.3 is 0 Å². The van der Waals surface area contributed by atoms with Gasteiger partial charge in [-0.05, 0) is 30.4 Å². The van der Waals surface area contributed by atoms with Crippen molar-refractivity contribution < 1.29 is 8.42 Å². The third kappa shape index (κ3) is 5.89. The lowest BCUT2D eigenvalue weighted by Gasteiger charge is -2.14. The van der Waals surface area contributed by atoms with Gasteiger partial charge in [-0.25, -0.2) is 8.42 Å². The molecule has 1 rings (SSSR count). The van der Waals surface area contributed by atoms with Crippen LogP contribution in [0.3, 0.4) is 0 Å². The van der Waals surface area contributed by atoms with Crippen LogP contribution in [0.15, 0.2) is 28.7 Å². The maximum atomic E-state index is 11.1. The van der Waals surface area contributed by atoms with Gasteiger partial charge in [0.15, 0.2) is 0 Å². The Morgan fingerprint density at radius 2 is 2.00 bits per heavy atom. The molecular formula is C12H16BrClO2S. The lowest BCUT2D eigenvalue weighted by Crippen LogP contribution is -2.13. The van der Waals surface area contributed by atoms with Crippen LogP contribution in [0.4, 0.5) is 0 Å². The Bertz CT molecular complexity index is 459. The normalized spacial score (nSPS) is 13.6. The van der Waals surface area contributed by atoms with E-state index in [0.717, 1.165) is 10.9 Å². The zero-order chi connectivity index (χ0) is 12.9. The number of hydrogen-bond acceptors (Lipinski definition) is 2. The average Bonchev–Trinajstić information content (AvgIpc) is 2.25. The van der Waals surface area contributed by atoms with E-state index in [1.54, 1.807) is 0 Å². The zero-order valence-electron chi connectivity index (χ0n) is 9.70. The molecule has 0 amide bonds. The van der Waals surface area contributed by atoms with E-state index in [1.807, 2.05) is 24.3 Å². The van der Waals surface area contributed by atoms with Crippen molar-refractivity contribution in [2.75, 3.05) is 17.9 Å². The van der Waals surface area contributed by atoms with Crippen molar-refractivity contribution in [2.45, 2.75) is 12.8 Å². The molecular weight excluding hydrogens is 324 g/mol. The summed E-state index contributed by atoms with van der Waals surface area (Å²) in [6.45, 7) is 0. The third-order valence-corrected chi connectivity index (χ3v) is 4.77. The van der Waals surface area contributed by atoms with Crippen LogP contribution >= 0.6 is 27.5 Å². The molecule has 1 aromatic rings. The van der Waals surface area contributed by atoms with E-state index in [4.69, 9.17) is 11.6 Å². The van der Waals surface area contributed by atoms with E-state index in [2.05, 4.69) is 15.9 Å². The molecule has 0 aromatic heterocycles. The second kappa shape index (κ2) is 6.76. The number of sulfone groups is 1. The number of hydrogen-bond donors (Lipinski definition) is 0. The quantitative estimate of drug-likeness (QED) is 0.745. The Labute approximate surface area is 116 Å². The predicted molar refractivity (Wildman–Crippen MR) is 76.4 cm³/mol. The Hall–Kier alpha value is -0.0600. The van der Waals surface area contributed by atoms with E-state index < -0.39 is 9.84 Å². The van der Waals surface area contributed by atoms with Crippen molar-refractivity contribution in [3.05, 3.63) is 34.3 Å². The van der Waals surface area contributed by atoms with Gasteiger partial charge in [0.2, 0.25) is 0 Å². The first-order chi connectivity index (χ1) is 7.92. The SMILES string of the molecule is CS(=O)(=O)CCC(CCl)Cc1ccccc1Br. The van der Waals surface area contributed by atoms with Gasteiger partial charge in [0.25, 0.3) is 0 Å². The van der Waals surface area contributed by atoms with Crippen LogP contribution < -0.4 is 0 Å². The summed E-state index contributed by atoms with van der Waals surface area (Å²) < 4.78 is 23.3. The summed E-state index contributed by atoms with van der Waals surface area (Å²) in [6.07, 6.45) is 2.68. The smallest absolute Gasteiger partial charge is 0.147 e. The fourth-order valence-corrected chi connectivity index (χ4v) is 3.06. The first-order valence-electron chi connectivity index (χ1n) is 5.39. The molecule has 0 fully saturated rings. The second-order valence-electron chi connectivity index (χ2n) is 4.23. The molecule has 1 atom stereocenters. The fourth-order valence-electron chi connectivity index (χ4n) is 1.59. The predicted octanol–water partition coefficient (Wildman–Crippen LogP) is 3.28. The molecule has 0 radical (unpaired) electrons. The monoisotopic (exact) mass is 338 g/mol. The fraction of sp³-hybridized carbons (Fsp3) is 0.500. The highest BCUT2D eigenvalue weighted by atomic mass is 79.9. The average molecular weight is 340 g/mol. The minimum absolute atomic E-state index is 0.199. The van der Waals surface area contributed by atoms with Gasteiger partial charge in [-0.3, -0.25) is 0 Å². The van der Waals surface area contributed by atoms with Crippen LogP contribution in [-0.2, 0) is 16.3 Å². The minimum atomic E-state index is -2.90. The first-order valence-corrected chi connectivity index (χ1v) is 8.78. The van der Waals surface area contributed by atoms with Crippen molar-refractivity contribution in [3.8, 4) is 0 Å². The van der Waals surface area contributed by atoms with Gasteiger partial charge in [-0.15, -0.1) is 11.6 Å². The lowest BCUT2D eigenvalue weighted by molar-refractivity contribution is 0.549. The molecule has 0 aliphatic rings. The molecule has 1 aromatic carbocycles. The number of rotatable bonds is 6. The van der Waals surface area contributed by atoms with Crippen molar-refractivity contribution >= 4 is 37.4 Å². The molecule has 1 unspecified atom stereocenters. The summed E-state index contributed by atoms with van der Waals surface area (Å²) in [5.41, 5.74) is 1.17. The summed E-state index contributed by atoms with van der Waals surface area (Å²) in [5, 5.41) is 0. The molecule has 96 valence electrons. The van der Waals surface area contributed by atoms with Crippen LogP contribution in [0.1, 0.15) is 12.0 Å².